The van der Waals surface area contributed by atoms with Gasteiger partial charge in [-0.3, -0.25) is 9.59 Å². The summed E-state index contributed by atoms with van der Waals surface area (Å²) in [5.41, 5.74) is 2.21. The molecule has 2 aromatic heterocycles. The third-order valence-corrected chi connectivity index (χ3v) is 5.47. The number of hydrogen-bond acceptors (Lipinski definition) is 7. The van der Waals surface area contributed by atoms with Crippen molar-refractivity contribution < 1.29 is 9.53 Å². The van der Waals surface area contributed by atoms with E-state index in [0.717, 1.165) is 10.9 Å². The van der Waals surface area contributed by atoms with Crippen LogP contribution in [0.25, 0.3) is 10.9 Å². The molecule has 1 aromatic carbocycles. The first-order valence-electron chi connectivity index (χ1n) is 10.4. The van der Waals surface area contributed by atoms with Crippen LogP contribution in [0.3, 0.4) is 0 Å². The molecule has 0 aliphatic rings. The second-order valence-electron chi connectivity index (χ2n) is 8.36. The number of nitrogens with zero attached hydrogens (tertiary/aromatic N) is 3. The van der Waals surface area contributed by atoms with E-state index in [0.29, 0.717) is 23.7 Å². The van der Waals surface area contributed by atoms with Crippen LogP contribution in [0.1, 0.15) is 43.2 Å². The van der Waals surface area contributed by atoms with Gasteiger partial charge in [0.1, 0.15) is 22.5 Å². The maximum Gasteiger partial charge on any atom is 0.252 e. The van der Waals surface area contributed by atoms with Gasteiger partial charge in [-0.25, -0.2) is 4.98 Å². The molecule has 0 fully saturated rings. The van der Waals surface area contributed by atoms with Crippen molar-refractivity contribution in [2.45, 2.75) is 32.7 Å². The van der Waals surface area contributed by atoms with Gasteiger partial charge in [-0.1, -0.05) is 18.5 Å². The minimum atomic E-state index is -0.417. The van der Waals surface area contributed by atoms with Crippen molar-refractivity contribution in [1.29, 1.82) is 5.26 Å². The molecular formula is C24H26ClN5O3. The minimum absolute atomic E-state index is 0.0360. The van der Waals surface area contributed by atoms with E-state index >= 15 is 0 Å². The lowest BCUT2D eigenvalue weighted by Crippen LogP contribution is -2.36. The molecule has 0 unspecified atom stereocenters. The van der Waals surface area contributed by atoms with Crippen LogP contribution in [0, 0.1) is 11.3 Å². The number of methoxy groups -OCH3 is 1. The predicted octanol–water partition coefficient (Wildman–Crippen LogP) is 4.63. The number of carbonyl (C=O) groups is 1. The van der Waals surface area contributed by atoms with Crippen LogP contribution in [0.2, 0.25) is 5.15 Å². The number of aromatic nitrogens is 2. The molecule has 172 valence electrons. The number of anilines is 3. The number of halogens is 1. The second kappa shape index (κ2) is 9.61. The van der Waals surface area contributed by atoms with Crippen molar-refractivity contribution in [3.63, 3.8) is 0 Å². The van der Waals surface area contributed by atoms with Crippen LogP contribution in [-0.4, -0.2) is 34.6 Å². The van der Waals surface area contributed by atoms with Crippen molar-refractivity contribution in [2.75, 3.05) is 24.4 Å². The molecule has 3 aromatic rings. The lowest BCUT2D eigenvalue weighted by atomic mass is 10.0. The Balaban J connectivity index is 2.13. The lowest BCUT2D eigenvalue weighted by Gasteiger charge is -2.27. The summed E-state index contributed by atoms with van der Waals surface area (Å²) in [5.74, 6) is -0.176. The maximum absolute atomic E-state index is 12.5. The zero-order valence-electron chi connectivity index (χ0n) is 19.2. The maximum atomic E-state index is 12.5. The van der Waals surface area contributed by atoms with Crippen LogP contribution in [0.4, 0.5) is 17.1 Å². The predicted molar refractivity (Wildman–Crippen MR) is 131 cm³/mol. The number of nitrogens with one attached hydrogen (secondary N) is 2. The molecule has 8 nitrogen and oxygen atoms in total. The van der Waals surface area contributed by atoms with E-state index in [1.54, 1.807) is 37.8 Å². The first-order chi connectivity index (χ1) is 15.6. The van der Waals surface area contributed by atoms with Crippen molar-refractivity contribution in [3.05, 3.63) is 57.1 Å². The van der Waals surface area contributed by atoms with E-state index in [2.05, 4.69) is 15.6 Å². The van der Waals surface area contributed by atoms with Crippen LogP contribution < -0.4 is 16.2 Å². The Morgan fingerprint density at radius 2 is 2.00 bits per heavy atom. The lowest BCUT2D eigenvalue weighted by molar-refractivity contribution is 0.0983. The first kappa shape index (κ1) is 24.2. The highest BCUT2D eigenvalue weighted by Crippen LogP contribution is 2.31. The highest BCUT2D eigenvalue weighted by atomic mass is 35.5. The fourth-order valence-electron chi connectivity index (χ4n) is 3.60. The molecule has 0 saturated carbocycles. The molecule has 2 N–H and O–H groups in total. The van der Waals surface area contributed by atoms with Gasteiger partial charge in [0, 0.05) is 43.4 Å². The van der Waals surface area contributed by atoms with Gasteiger partial charge in [0.15, 0.2) is 5.78 Å². The molecule has 0 spiro atoms. The van der Waals surface area contributed by atoms with E-state index in [4.69, 9.17) is 16.3 Å². The van der Waals surface area contributed by atoms with Gasteiger partial charge in [0.05, 0.1) is 23.3 Å². The Morgan fingerprint density at radius 3 is 2.64 bits per heavy atom. The number of benzene rings is 1. The Labute approximate surface area is 197 Å². The van der Waals surface area contributed by atoms with Gasteiger partial charge >= 0.3 is 0 Å². The minimum Gasteiger partial charge on any atom is -0.382 e. The molecule has 0 saturated heterocycles. The van der Waals surface area contributed by atoms with E-state index < -0.39 is 5.54 Å². The Kier molecular flexibility index (Phi) is 7.06. The van der Waals surface area contributed by atoms with Gasteiger partial charge < -0.3 is 19.9 Å². The number of fused-ring (bicyclic) bond motifs is 1. The average Bonchev–Trinajstić information content (AvgIpc) is 2.76. The number of nitriles is 1. The molecular weight excluding hydrogens is 442 g/mol. The quantitative estimate of drug-likeness (QED) is 0.367. The topological polar surface area (TPSA) is 109 Å². The third kappa shape index (κ3) is 5.16. The zero-order valence-corrected chi connectivity index (χ0v) is 20.0. The molecule has 0 aliphatic heterocycles. The summed E-state index contributed by atoms with van der Waals surface area (Å²) < 4.78 is 6.85. The fraction of sp³-hybridized carbons (Fsp3) is 0.333. The molecule has 33 heavy (non-hydrogen) atoms. The van der Waals surface area contributed by atoms with Crippen LogP contribution in [0.15, 0.2) is 35.1 Å². The van der Waals surface area contributed by atoms with Crippen LogP contribution in [0.5, 0.6) is 0 Å². The van der Waals surface area contributed by atoms with Crippen molar-refractivity contribution in [2.24, 2.45) is 7.05 Å². The van der Waals surface area contributed by atoms with Crippen molar-refractivity contribution in [1.82, 2.24) is 9.55 Å². The summed E-state index contributed by atoms with van der Waals surface area (Å²) in [6.45, 7) is 6.13. The molecule has 0 aliphatic carbocycles. The van der Waals surface area contributed by atoms with Crippen molar-refractivity contribution >= 4 is 45.3 Å². The number of Topliss-reactive ketones (excluding diaryl/α,β-unsaturated/α-hetero) is 1. The SMILES string of the molecule is CCC(=O)c1cc(Nc2ccc3c(c2)c(NC(C)(C)COC)cc(=O)n3C)c(C#N)c(Cl)n1. The van der Waals surface area contributed by atoms with Crippen LogP contribution >= 0.6 is 11.6 Å². The highest BCUT2D eigenvalue weighted by Gasteiger charge is 2.20. The number of ether oxygens (including phenoxy) is 1. The number of carbonyl (C=O) groups excluding carboxylic acids is 1. The molecule has 0 bridgehead atoms. The highest BCUT2D eigenvalue weighted by molar-refractivity contribution is 6.31. The smallest absolute Gasteiger partial charge is 0.252 e. The average molecular weight is 468 g/mol. The molecule has 3 rings (SSSR count). The molecule has 0 atom stereocenters. The van der Waals surface area contributed by atoms with Gasteiger partial charge in [-0.05, 0) is 38.1 Å². The first-order valence-corrected chi connectivity index (χ1v) is 10.8. The number of pyridine rings is 2. The van der Waals surface area contributed by atoms with E-state index in [1.165, 1.54) is 6.07 Å². The molecule has 9 heteroatoms. The Morgan fingerprint density at radius 1 is 1.27 bits per heavy atom. The number of rotatable bonds is 8. The summed E-state index contributed by atoms with van der Waals surface area (Å²) in [6, 6.07) is 10.6. The van der Waals surface area contributed by atoms with Crippen LogP contribution in [-0.2, 0) is 11.8 Å². The largest absolute Gasteiger partial charge is 0.382 e. The number of aryl methyl sites for hydroxylation is 1. The normalized spacial score (nSPS) is 11.3. The Hall–Kier alpha value is -3.41. The molecule has 0 amide bonds. The van der Waals surface area contributed by atoms with Gasteiger partial charge in [-0.2, -0.15) is 5.26 Å². The summed E-state index contributed by atoms with van der Waals surface area (Å²) in [5, 5.41) is 16.9. The van der Waals surface area contributed by atoms with E-state index in [9.17, 15) is 14.9 Å². The van der Waals surface area contributed by atoms with E-state index in [-0.39, 0.29) is 34.2 Å². The second-order valence-corrected chi connectivity index (χ2v) is 8.72. The third-order valence-electron chi connectivity index (χ3n) is 5.20. The van der Waals surface area contributed by atoms with E-state index in [1.807, 2.05) is 32.0 Å². The Bertz CT molecular complexity index is 1320. The number of ketones is 1. The number of hydrogen-bond donors (Lipinski definition) is 2. The van der Waals surface area contributed by atoms with Gasteiger partial charge in [-0.15, -0.1) is 0 Å². The zero-order chi connectivity index (χ0) is 24.3. The van der Waals surface area contributed by atoms with Gasteiger partial charge in [0.25, 0.3) is 5.56 Å². The molecule has 0 radical (unpaired) electrons. The van der Waals surface area contributed by atoms with Crippen molar-refractivity contribution in [3.8, 4) is 6.07 Å². The summed E-state index contributed by atoms with van der Waals surface area (Å²) in [6.07, 6.45) is 0.269. The fourth-order valence-corrected chi connectivity index (χ4v) is 3.84. The monoisotopic (exact) mass is 467 g/mol. The molecule has 2 heterocycles. The summed E-state index contributed by atoms with van der Waals surface area (Å²) >= 11 is 6.18. The summed E-state index contributed by atoms with van der Waals surface area (Å²) in [7, 11) is 3.33. The van der Waals surface area contributed by atoms with Gasteiger partial charge in [0.2, 0.25) is 0 Å². The standard InChI is InChI=1S/C24H26ClN5O3/c1-6-21(31)19-10-17(16(12-26)23(25)28-19)27-14-7-8-20-15(9-14)18(11-22(32)30(20)4)29-24(2,3)13-33-5/h7-11,29H,6,13H2,1-5H3,(H,27,28). The summed E-state index contributed by atoms with van der Waals surface area (Å²) in [4.78, 5) is 28.7.